The van der Waals surface area contributed by atoms with Gasteiger partial charge in [0, 0.05) is 11.3 Å². The number of ether oxygens (including phenoxy) is 1. The van der Waals surface area contributed by atoms with E-state index in [9.17, 15) is 36.0 Å². The Morgan fingerprint density at radius 2 is 1.55 bits per heavy atom. The molecule has 0 unspecified atom stereocenters. The van der Waals surface area contributed by atoms with E-state index in [1.54, 1.807) is 5.32 Å². The van der Waals surface area contributed by atoms with E-state index in [0.29, 0.717) is 5.56 Å². The topological polar surface area (TPSA) is 131 Å². The fourth-order valence-corrected chi connectivity index (χ4v) is 3.52. The first-order chi connectivity index (χ1) is 15.4. The second kappa shape index (κ2) is 10.8. The van der Waals surface area contributed by atoms with Crippen molar-refractivity contribution in [3.63, 3.8) is 0 Å². The molecule has 2 aromatic carbocycles. The highest BCUT2D eigenvalue weighted by Gasteiger charge is 2.28. The Hall–Kier alpha value is -3.61. The first kappa shape index (κ1) is 25.6. The van der Waals surface area contributed by atoms with Gasteiger partial charge in [0.2, 0.25) is 5.91 Å². The molecule has 0 radical (unpaired) electrons. The maximum Gasteiger partial charge on any atom is 0.405 e. The number of rotatable bonds is 9. The predicted octanol–water partition coefficient (Wildman–Crippen LogP) is 1.61. The maximum absolute atomic E-state index is 12.5. The number of nitrogens with one attached hydrogen (secondary N) is 3. The van der Waals surface area contributed by atoms with E-state index in [1.165, 1.54) is 31.4 Å². The first-order valence-electron chi connectivity index (χ1n) is 9.30. The summed E-state index contributed by atoms with van der Waals surface area (Å²) in [5, 5.41) is 4.07. The molecule has 0 atom stereocenters. The molecule has 0 fully saturated rings. The monoisotopic (exact) mass is 487 g/mol. The lowest BCUT2D eigenvalue weighted by molar-refractivity contribution is -0.141. The number of hydrogen-bond acceptors (Lipinski definition) is 6. The molecule has 0 aliphatic carbocycles. The number of sulfonamides is 1. The van der Waals surface area contributed by atoms with Gasteiger partial charge in [0.1, 0.15) is 13.1 Å². The van der Waals surface area contributed by atoms with E-state index in [2.05, 4.69) is 14.8 Å². The molecule has 2 aromatic rings. The van der Waals surface area contributed by atoms with Gasteiger partial charge in [-0.1, -0.05) is 12.1 Å². The van der Waals surface area contributed by atoms with E-state index >= 15 is 0 Å². The van der Waals surface area contributed by atoms with Crippen molar-refractivity contribution in [3.8, 4) is 0 Å². The molecule has 9 nitrogen and oxygen atoms in total. The number of carbonyl (C=O) groups is 3. The number of anilines is 1. The molecule has 178 valence electrons. The minimum absolute atomic E-state index is 0.0398. The van der Waals surface area contributed by atoms with Crippen LogP contribution in [0.3, 0.4) is 0 Å². The van der Waals surface area contributed by atoms with Crippen LogP contribution < -0.4 is 15.4 Å². The van der Waals surface area contributed by atoms with Crippen molar-refractivity contribution in [1.29, 1.82) is 0 Å². The second-order valence-electron chi connectivity index (χ2n) is 6.65. The second-order valence-corrected chi connectivity index (χ2v) is 8.34. The average Bonchev–Trinajstić information content (AvgIpc) is 2.76. The molecule has 2 rings (SSSR count). The van der Waals surface area contributed by atoms with Gasteiger partial charge in [-0.2, -0.15) is 13.2 Å². The molecule has 0 bridgehead atoms. The van der Waals surface area contributed by atoms with Crippen LogP contribution in [0.2, 0.25) is 0 Å². The largest absolute Gasteiger partial charge is 0.468 e. The van der Waals surface area contributed by atoms with E-state index < -0.39 is 40.5 Å². The van der Waals surface area contributed by atoms with Gasteiger partial charge < -0.3 is 15.4 Å². The van der Waals surface area contributed by atoms with Crippen molar-refractivity contribution in [1.82, 2.24) is 10.6 Å². The third kappa shape index (κ3) is 8.44. The third-order valence-corrected chi connectivity index (χ3v) is 5.50. The lowest BCUT2D eigenvalue weighted by Crippen LogP contribution is -2.33. The highest BCUT2D eigenvalue weighted by molar-refractivity contribution is 7.92. The number of hydrogen-bond donors (Lipinski definition) is 3. The van der Waals surface area contributed by atoms with Crippen molar-refractivity contribution in [2.75, 3.05) is 24.9 Å². The summed E-state index contributed by atoms with van der Waals surface area (Å²) >= 11 is 0. The van der Waals surface area contributed by atoms with Crippen LogP contribution in [0, 0.1) is 0 Å². The van der Waals surface area contributed by atoms with Crippen molar-refractivity contribution in [2.24, 2.45) is 0 Å². The Kier molecular flexibility index (Phi) is 8.40. The van der Waals surface area contributed by atoms with Crippen LogP contribution in [0.15, 0.2) is 53.4 Å². The van der Waals surface area contributed by atoms with E-state index in [0.717, 1.165) is 24.3 Å². The number of amides is 2. The van der Waals surface area contributed by atoms with Gasteiger partial charge in [-0.05, 0) is 42.0 Å². The molecule has 0 saturated carbocycles. The highest BCUT2D eigenvalue weighted by atomic mass is 32.2. The molecule has 0 aromatic heterocycles. The van der Waals surface area contributed by atoms with Crippen LogP contribution in [-0.4, -0.2) is 52.6 Å². The van der Waals surface area contributed by atoms with Crippen LogP contribution in [0.1, 0.15) is 15.9 Å². The zero-order valence-electron chi connectivity index (χ0n) is 17.2. The molecule has 0 saturated heterocycles. The van der Waals surface area contributed by atoms with E-state index in [4.69, 9.17) is 0 Å². The molecule has 0 heterocycles. The Balaban J connectivity index is 1.97. The van der Waals surface area contributed by atoms with Gasteiger partial charge in [-0.25, -0.2) is 8.42 Å². The van der Waals surface area contributed by atoms with Gasteiger partial charge >= 0.3 is 12.1 Å². The van der Waals surface area contributed by atoms with Crippen LogP contribution in [-0.2, 0) is 30.8 Å². The predicted molar refractivity (Wildman–Crippen MR) is 111 cm³/mol. The zero-order chi connectivity index (χ0) is 24.6. The highest BCUT2D eigenvalue weighted by Crippen LogP contribution is 2.18. The summed E-state index contributed by atoms with van der Waals surface area (Å²) < 4.78 is 68.3. The maximum atomic E-state index is 12.5. The van der Waals surface area contributed by atoms with Crippen molar-refractivity contribution in [2.45, 2.75) is 17.5 Å². The molecular weight excluding hydrogens is 467 g/mol. The van der Waals surface area contributed by atoms with Crippen LogP contribution in [0.4, 0.5) is 18.9 Å². The summed E-state index contributed by atoms with van der Waals surface area (Å²) in [6.07, 6.45) is -4.60. The minimum Gasteiger partial charge on any atom is -0.468 e. The van der Waals surface area contributed by atoms with Gasteiger partial charge in [0.05, 0.1) is 18.4 Å². The molecule has 3 N–H and O–H groups in total. The summed E-state index contributed by atoms with van der Waals surface area (Å²) in [6.45, 7) is -1.77. The molecule has 0 aliphatic rings. The van der Waals surface area contributed by atoms with Crippen molar-refractivity contribution < 1.29 is 40.7 Å². The van der Waals surface area contributed by atoms with Crippen LogP contribution in [0.5, 0.6) is 0 Å². The lowest BCUT2D eigenvalue weighted by atomic mass is 10.1. The van der Waals surface area contributed by atoms with Crippen LogP contribution >= 0.6 is 0 Å². The molecule has 13 heteroatoms. The van der Waals surface area contributed by atoms with Gasteiger partial charge in [0.15, 0.2) is 0 Å². The lowest BCUT2D eigenvalue weighted by Gasteiger charge is -2.11. The molecule has 33 heavy (non-hydrogen) atoms. The normalized spacial score (nSPS) is 11.4. The van der Waals surface area contributed by atoms with Gasteiger partial charge in [0.25, 0.3) is 15.9 Å². The number of halogens is 3. The minimum atomic E-state index is -4.56. The quantitative estimate of drug-likeness (QED) is 0.461. The van der Waals surface area contributed by atoms with Crippen molar-refractivity contribution >= 4 is 33.5 Å². The summed E-state index contributed by atoms with van der Waals surface area (Å²) in [5.74, 6) is -2.01. The number of carbonyl (C=O) groups excluding carboxylic acids is 3. The number of methoxy groups -OCH3 is 1. The van der Waals surface area contributed by atoms with E-state index in [-0.39, 0.29) is 29.1 Å². The number of esters is 1. The SMILES string of the molecule is COC(=O)CNC(=O)Cc1ccc(NS(=O)(=O)c2ccc(C(=O)NCC(F)(F)F)cc2)cc1. The zero-order valence-corrected chi connectivity index (χ0v) is 18.0. The van der Waals surface area contributed by atoms with Gasteiger partial charge in [-0.15, -0.1) is 0 Å². The molecule has 2 amide bonds. The fraction of sp³-hybridized carbons (Fsp3) is 0.250. The van der Waals surface area contributed by atoms with Gasteiger partial charge in [-0.3, -0.25) is 19.1 Å². The van der Waals surface area contributed by atoms with Crippen molar-refractivity contribution in [3.05, 3.63) is 59.7 Å². The number of alkyl halides is 3. The first-order valence-corrected chi connectivity index (χ1v) is 10.8. The average molecular weight is 487 g/mol. The molecular formula is C20H20F3N3O6S. The Labute approximate surface area is 187 Å². The molecule has 0 aliphatic heterocycles. The Morgan fingerprint density at radius 3 is 2.09 bits per heavy atom. The summed E-state index contributed by atoms with van der Waals surface area (Å²) in [4.78, 5) is 34.3. The summed E-state index contributed by atoms with van der Waals surface area (Å²) in [7, 11) is -2.85. The standard InChI is InChI=1S/C20H20F3N3O6S/c1-32-18(28)11-24-17(27)10-13-2-6-15(7-3-13)26-33(30,31)16-8-4-14(5-9-16)19(29)25-12-20(21,22)23/h2-9,26H,10-12H2,1H3,(H,24,27)(H,25,29). The van der Waals surface area contributed by atoms with Crippen LogP contribution in [0.25, 0.3) is 0 Å². The fourth-order valence-electron chi connectivity index (χ4n) is 2.46. The summed E-state index contributed by atoms with van der Waals surface area (Å²) in [6, 6.07) is 10.3. The Bertz CT molecular complexity index is 1100. The third-order valence-electron chi connectivity index (χ3n) is 4.10. The smallest absolute Gasteiger partial charge is 0.405 e. The van der Waals surface area contributed by atoms with E-state index in [1.807, 2.05) is 0 Å². The molecule has 0 spiro atoms. The summed E-state index contributed by atoms with van der Waals surface area (Å²) in [5.41, 5.74) is 0.628. The number of benzene rings is 2. The Morgan fingerprint density at radius 1 is 0.939 bits per heavy atom.